The molecule has 0 radical (unpaired) electrons. The van der Waals surface area contributed by atoms with E-state index in [1.807, 2.05) is 59.8 Å². The number of benzene rings is 2. The molecule has 25 heavy (non-hydrogen) atoms. The van der Waals surface area contributed by atoms with Gasteiger partial charge in [0.2, 0.25) is 0 Å². The average molecular weight is 466 g/mol. The van der Waals surface area contributed by atoms with E-state index in [0.717, 1.165) is 20.6 Å². The van der Waals surface area contributed by atoms with Gasteiger partial charge in [0, 0.05) is 0 Å². The lowest BCUT2D eigenvalue weighted by molar-refractivity contribution is -0.115. The number of carbonyl (C=O) groups excluding carboxylic acids is 1. The zero-order valence-electron chi connectivity index (χ0n) is 13.3. The van der Waals surface area contributed by atoms with Crippen molar-refractivity contribution in [2.45, 2.75) is 6.92 Å². The Morgan fingerprint density at radius 2 is 2.04 bits per heavy atom. The lowest BCUT2D eigenvalue weighted by Crippen LogP contribution is -2.19. The van der Waals surface area contributed by atoms with Gasteiger partial charge in [0.1, 0.15) is 11.5 Å². The van der Waals surface area contributed by atoms with E-state index in [9.17, 15) is 9.90 Å². The molecule has 0 unspecified atom stereocenters. The number of hydrogen-bond donors (Lipinski definition) is 2. The summed E-state index contributed by atoms with van der Waals surface area (Å²) in [5.74, 6) is 0.832. The number of phenolic OH excluding ortho intramolecular Hbond substituents is 1. The summed E-state index contributed by atoms with van der Waals surface area (Å²) in [4.78, 5) is 17.1. The van der Waals surface area contributed by atoms with Crippen molar-refractivity contribution in [2.75, 3.05) is 6.61 Å². The van der Waals surface area contributed by atoms with Crippen LogP contribution in [0.4, 0.5) is 5.69 Å². The van der Waals surface area contributed by atoms with Crippen molar-refractivity contribution in [2.24, 2.45) is 4.99 Å². The molecule has 2 aromatic carbocycles. The molecule has 1 fully saturated rings. The van der Waals surface area contributed by atoms with Crippen molar-refractivity contribution in [1.29, 1.82) is 0 Å². The topological polar surface area (TPSA) is 70.9 Å². The molecule has 0 saturated carbocycles. The first-order valence-corrected chi connectivity index (χ1v) is 9.45. The van der Waals surface area contributed by atoms with Crippen molar-refractivity contribution in [3.63, 3.8) is 0 Å². The minimum atomic E-state index is -0.183. The highest BCUT2D eigenvalue weighted by Gasteiger charge is 2.23. The summed E-state index contributed by atoms with van der Waals surface area (Å²) in [7, 11) is 0. The van der Waals surface area contributed by atoms with Crippen LogP contribution in [0.1, 0.15) is 12.5 Å². The van der Waals surface area contributed by atoms with E-state index < -0.39 is 0 Å². The molecule has 0 bridgehead atoms. The van der Waals surface area contributed by atoms with Gasteiger partial charge in [0.05, 0.1) is 20.8 Å². The average Bonchev–Trinajstić information content (AvgIpc) is 2.92. The number of ether oxygens (including phenoxy) is 1. The summed E-state index contributed by atoms with van der Waals surface area (Å²) in [6.07, 6.45) is 1.78. The van der Waals surface area contributed by atoms with Gasteiger partial charge in [0.25, 0.3) is 5.91 Å². The maximum atomic E-state index is 12.1. The molecule has 0 aromatic heterocycles. The Kier molecular flexibility index (Phi) is 5.64. The Balaban J connectivity index is 1.77. The summed E-state index contributed by atoms with van der Waals surface area (Å²) in [6.45, 7) is 2.55. The SMILES string of the molecule is CCOc1ccc(N=C2NC(=O)/C(=C/c3ccc(O)c(I)c3)S2)cc1. The number of aliphatic imine (C=N–C) groups is 1. The molecule has 0 spiro atoms. The highest BCUT2D eigenvalue weighted by atomic mass is 127. The molecule has 0 aliphatic carbocycles. The molecule has 1 amide bonds. The Hall–Kier alpha value is -2.00. The standard InChI is InChI=1S/C18H15IN2O3S/c1-2-24-13-6-4-12(5-7-13)20-18-21-17(23)16(25-18)10-11-3-8-15(22)14(19)9-11/h3-10,22H,2H2,1H3,(H,20,21,23)/b16-10-. The Morgan fingerprint density at radius 1 is 1.28 bits per heavy atom. The second-order valence-corrected chi connectivity index (χ2v) is 7.31. The number of amides is 1. The van der Waals surface area contributed by atoms with E-state index in [1.54, 1.807) is 18.2 Å². The molecular weight excluding hydrogens is 451 g/mol. The Morgan fingerprint density at radius 3 is 2.72 bits per heavy atom. The van der Waals surface area contributed by atoms with Crippen LogP contribution in [-0.2, 0) is 4.79 Å². The third kappa shape index (κ3) is 4.55. The monoisotopic (exact) mass is 466 g/mol. The molecule has 1 heterocycles. The van der Waals surface area contributed by atoms with Gasteiger partial charge in [0.15, 0.2) is 5.17 Å². The van der Waals surface area contributed by atoms with Crippen molar-refractivity contribution < 1.29 is 14.6 Å². The van der Waals surface area contributed by atoms with Crippen LogP contribution < -0.4 is 10.1 Å². The number of carbonyl (C=O) groups is 1. The van der Waals surface area contributed by atoms with Crippen molar-refractivity contribution in [3.8, 4) is 11.5 Å². The summed E-state index contributed by atoms with van der Waals surface area (Å²) in [5.41, 5.74) is 1.59. The quantitative estimate of drug-likeness (QED) is 0.521. The maximum absolute atomic E-state index is 12.1. The lowest BCUT2D eigenvalue weighted by atomic mass is 10.2. The number of thioether (sulfide) groups is 1. The number of aromatic hydroxyl groups is 1. The van der Waals surface area contributed by atoms with Gasteiger partial charge in [-0.3, -0.25) is 4.79 Å². The first-order chi connectivity index (χ1) is 12.0. The molecule has 2 N–H and O–H groups in total. The zero-order valence-corrected chi connectivity index (χ0v) is 16.3. The molecule has 3 rings (SSSR count). The Bertz CT molecular complexity index is 863. The maximum Gasteiger partial charge on any atom is 0.264 e. The number of amidine groups is 1. The highest BCUT2D eigenvalue weighted by Crippen LogP contribution is 2.30. The number of phenols is 1. The van der Waals surface area contributed by atoms with Gasteiger partial charge in [-0.15, -0.1) is 0 Å². The Labute approximate surface area is 163 Å². The molecule has 1 saturated heterocycles. The van der Waals surface area contributed by atoms with Gasteiger partial charge in [-0.05, 0) is 89.3 Å². The number of halogens is 1. The molecular formula is C18H15IN2O3S. The van der Waals surface area contributed by atoms with Gasteiger partial charge in [-0.25, -0.2) is 4.99 Å². The van der Waals surface area contributed by atoms with Crippen molar-refractivity contribution in [1.82, 2.24) is 5.32 Å². The number of nitrogens with one attached hydrogen (secondary N) is 1. The van der Waals surface area contributed by atoms with Crippen LogP contribution in [0.2, 0.25) is 0 Å². The van der Waals surface area contributed by atoms with Crippen LogP contribution in [0.25, 0.3) is 6.08 Å². The minimum absolute atomic E-state index is 0.183. The largest absolute Gasteiger partial charge is 0.507 e. The third-order valence-electron chi connectivity index (χ3n) is 3.30. The van der Waals surface area contributed by atoms with Gasteiger partial charge >= 0.3 is 0 Å². The van der Waals surface area contributed by atoms with Crippen LogP contribution >= 0.6 is 34.4 Å². The van der Waals surface area contributed by atoms with E-state index in [0.29, 0.717) is 16.7 Å². The molecule has 7 heteroatoms. The van der Waals surface area contributed by atoms with Crippen LogP contribution in [0.15, 0.2) is 52.4 Å². The molecule has 2 aromatic rings. The van der Waals surface area contributed by atoms with Crippen LogP contribution in [0.5, 0.6) is 11.5 Å². The normalized spacial score (nSPS) is 17.1. The van der Waals surface area contributed by atoms with Gasteiger partial charge < -0.3 is 15.2 Å². The van der Waals surface area contributed by atoms with E-state index in [-0.39, 0.29) is 11.7 Å². The predicted octanol–water partition coefficient (Wildman–Crippen LogP) is 4.29. The first kappa shape index (κ1) is 17.8. The van der Waals surface area contributed by atoms with E-state index in [1.165, 1.54) is 11.8 Å². The highest BCUT2D eigenvalue weighted by molar-refractivity contribution is 14.1. The summed E-state index contributed by atoms with van der Waals surface area (Å²) >= 11 is 3.34. The number of nitrogens with zero attached hydrogens (tertiary/aromatic N) is 1. The fraction of sp³-hybridized carbons (Fsp3) is 0.111. The minimum Gasteiger partial charge on any atom is -0.507 e. The molecule has 5 nitrogen and oxygen atoms in total. The number of rotatable bonds is 4. The molecule has 128 valence electrons. The number of hydrogen-bond acceptors (Lipinski definition) is 5. The van der Waals surface area contributed by atoms with Crippen LogP contribution in [0, 0.1) is 3.57 Å². The fourth-order valence-corrected chi connectivity index (χ4v) is 3.53. The second-order valence-electron chi connectivity index (χ2n) is 5.12. The van der Waals surface area contributed by atoms with Crippen molar-refractivity contribution in [3.05, 3.63) is 56.5 Å². The lowest BCUT2D eigenvalue weighted by Gasteiger charge is -2.02. The predicted molar refractivity (Wildman–Crippen MR) is 109 cm³/mol. The van der Waals surface area contributed by atoms with E-state index >= 15 is 0 Å². The van der Waals surface area contributed by atoms with Gasteiger partial charge in [-0.2, -0.15) is 0 Å². The zero-order chi connectivity index (χ0) is 17.8. The summed E-state index contributed by atoms with van der Waals surface area (Å²) in [6, 6.07) is 12.6. The molecule has 0 atom stereocenters. The smallest absolute Gasteiger partial charge is 0.264 e. The van der Waals surface area contributed by atoms with E-state index in [4.69, 9.17) is 4.74 Å². The summed E-state index contributed by atoms with van der Waals surface area (Å²) in [5, 5.41) is 12.9. The van der Waals surface area contributed by atoms with E-state index in [2.05, 4.69) is 10.3 Å². The first-order valence-electron chi connectivity index (χ1n) is 7.56. The van der Waals surface area contributed by atoms with Crippen molar-refractivity contribution >= 4 is 57.2 Å². The molecule has 1 aliphatic heterocycles. The third-order valence-corrected chi connectivity index (χ3v) is 5.07. The fourth-order valence-electron chi connectivity index (χ4n) is 2.15. The van der Waals surface area contributed by atoms with Crippen LogP contribution in [-0.4, -0.2) is 22.8 Å². The summed E-state index contributed by atoms with van der Waals surface area (Å²) < 4.78 is 6.13. The van der Waals surface area contributed by atoms with Gasteiger partial charge in [-0.1, -0.05) is 6.07 Å². The molecule has 1 aliphatic rings. The van der Waals surface area contributed by atoms with Crippen LogP contribution in [0.3, 0.4) is 0 Å². The second kappa shape index (κ2) is 7.92.